The number of thiophene rings is 2. The summed E-state index contributed by atoms with van der Waals surface area (Å²) in [4.78, 5) is 10.2. The van der Waals surface area contributed by atoms with Gasteiger partial charge >= 0.3 is 0 Å². The highest BCUT2D eigenvalue weighted by molar-refractivity contribution is 7.44. The molecule has 0 atom stereocenters. The van der Waals surface area contributed by atoms with E-state index in [0.29, 0.717) is 5.82 Å². The maximum Gasteiger partial charge on any atom is 0.149 e. The van der Waals surface area contributed by atoms with Crippen molar-refractivity contribution < 1.29 is 5.11 Å². The monoisotopic (exact) mass is 747 g/mol. The Morgan fingerprint density at radius 1 is 0.636 bits per heavy atom. The first-order valence-corrected chi connectivity index (χ1v) is 20.2. The van der Waals surface area contributed by atoms with Crippen LogP contribution >= 0.6 is 22.7 Å². The maximum atomic E-state index is 12.6. The second-order valence-electron chi connectivity index (χ2n) is 15.3. The number of nitrogens with zero attached hydrogens (tertiary/aromatic N) is 3. The lowest BCUT2D eigenvalue weighted by molar-refractivity contribution is 0.483. The molecule has 4 nitrogen and oxygen atoms in total. The van der Waals surface area contributed by atoms with Crippen molar-refractivity contribution in [1.82, 2.24) is 14.5 Å². The molecule has 0 aliphatic carbocycles. The normalized spacial score (nSPS) is 12.1. The third-order valence-corrected chi connectivity index (χ3v) is 13.1. The Morgan fingerprint density at radius 2 is 1.40 bits per heavy atom. The molecule has 0 saturated carbocycles. The molecule has 0 unspecified atom stereocenters. The molecular weight excluding hydrogens is 711 g/mol. The van der Waals surface area contributed by atoms with Gasteiger partial charge in [0.15, 0.2) is 0 Å². The quantitative estimate of drug-likeness (QED) is 0.191. The van der Waals surface area contributed by atoms with E-state index in [1.165, 1.54) is 30.6 Å². The lowest BCUT2D eigenvalue weighted by atomic mass is 9.82. The third-order valence-electron chi connectivity index (χ3n) is 10.6. The minimum Gasteiger partial charge on any atom is -0.506 e. The molecule has 4 aromatic heterocycles. The van der Waals surface area contributed by atoms with Gasteiger partial charge in [0.25, 0.3) is 0 Å². The van der Waals surface area contributed by atoms with Gasteiger partial charge in [0.05, 0.1) is 36.7 Å². The van der Waals surface area contributed by atoms with Crippen LogP contribution in [0.25, 0.3) is 91.2 Å². The van der Waals surface area contributed by atoms with E-state index < -0.39 is 0 Å². The predicted octanol–water partition coefficient (Wildman–Crippen LogP) is 14.0. The number of pyridine rings is 1. The minimum atomic E-state index is -0.218. The van der Waals surface area contributed by atoms with Gasteiger partial charge < -0.3 is 5.11 Å². The molecule has 10 aromatic rings. The molecule has 0 amide bonds. The van der Waals surface area contributed by atoms with Crippen LogP contribution < -0.4 is 0 Å². The molecule has 4 heterocycles. The van der Waals surface area contributed by atoms with Gasteiger partial charge in [0, 0.05) is 43.7 Å². The van der Waals surface area contributed by atoms with Crippen LogP contribution in [0, 0.1) is 6.92 Å². The largest absolute Gasteiger partial charge is 0.506 e. The number of hydrogen-bond donors (Lipinski definition) is 1. The Bertz CT molecular complexity index is 3090. The highest BCUT2D eigenvalue weighted by Crippen LogP contribution is 2.53. The maximum absolute atomic E-state index is 12.6. The smallest absolute Gasteiger partial charge is 0.149 e. The molecule has 0 spiro atoms. The molecule has 266 valence electrons. The lowest BCUT2D eigenvalue weighted by Crippen LogP contribution is -2.12. The molecule has 0 aliphatic heterocycles. The average Bonchev–Trinajstić information content (AvgIpc) is 3.89. The van der Waals surface area contributed by atoms with Crippen molar-refractivity contribution >= 4 is 63.3 Å². The number of fused-ring (bicyclic) bond motifs is 6. The van der Waals surface area contributed by atoms with Crippen molar-refractivity contribution in [3.8, 4) is 56.3 Å². The molecule has 6 aromatic carbocycles. The number of aromatic hydroxyl groups is 1. The van der Waals surface area contributed by atoms with Gasteiger partial charge in [-0.1, -0.05) is 117 Å². The van der Waals surface area contributed by atoms with E-state index in [0.717, 1.165) is 65.9 Å². The van der Waals surface area contributed by atoms with E-state index in [1.54, 1.807) is 22.7 Å². The number of imidazole rings is 1. The standard InChI is InChI=1S/C49H37N3OS2/c1-29-23-24-39(35(26-29)30-14-6-5-7-15-30)52-40-21-13-19-33(31-16-12-17-32(27-31)38-20-10-11-25-50-38)44(40)51-47(52)36-28-37(49(2,3)4)43-42-34-18-8-9-22-41(34)54-48(42)55-46(43)45(36)53/h5-28,53H,1-4H3. The molecular formula is C49H37N3OS2. The van der Waals surface area contributed by atoms with E-state index >= 15 is 0 Å². The third kappa shape index (κ3) is 5.47. The fourth-order valence-corrected chi connectivity index (χ4v) is 10.7. The summed E-state index contributed by atoms with van der Waals surface area (Å²) in [6.07, 6.45) is 1.83. The van der Waals surface area contributed by atoms with Crippen LogP contribution in [0.5, 0.6) is 5.75 Å². The molecule has 0 fully saturated rings. The van der Waals surface area contributed by atoms with Crippen molar-refractivity contribution in [2.24, 2.45) is 0 Å². The number of rotatable bonds is 5. The molecule has 0 saturated heterocycles. The van der Waals surface area contributed by atoms with Crippen LogP contribution in [0.3, 0.4) is 0 Å². The van der Waals surface area contributed by atoms with Crippen LogP contribution in [-0.4, -0.2) is 19.6 Å². The van der Waals surface area contributed by atoms with E-state index in [9.17, 15) is 5.11 Å². The fraction of sp³-hybridized carbons (Fsp3) is 0.102. The van der Waals surface area contributed by atoms with Crippen molar-refractivity contribution in [1.29, 1.82) is 0 Å². The van der Waals surface area contributed by atoms with Gasteiger partial charge in [-0.25, -0.2) is 4.98 Å². The summed E-state index contributed by atoms with van der Waals surface area (Å²) < 4.78 is 5.66. The predicted molar refractivity (Wildman–Crippen MR) is 234 cm³/mol. The molecule has 55 heavy (non-hydrogen) atoms. The summed E-state index contributed by atoms with van der Waals surface area (Å²) in [7, 11) is 0. The summed E-state index contributed by atoms with van der Waals surface area (Å²) in [5, 5.41) is 16.2. The first-order valence-electron chi connectivity index (χ1n) is 18.5. The van der Waals surface area contributed by atoms with Gasteiger partial charge in [-0.05, 0) is 77.6 Å². The zero-order chi connectivity index (χ0) is 37.4. The number of aryl methyl sites for hydroxylation is 1. The number of para-hydroxylation sites is 1. The summed E-state index contributed by atoms with van der Waals surface area (Å²) in [6.45, 7) is 8.94. The molecule has 0 bridgehead atoms. The Hall–Kier alpha value is -6.08. The molecule has 1 N–H and O–H groups in total. The van der Waals surface area contributed by atoms with E-state index in [-0.39, 0.29) is 11.2 Å². The molecule has 10 rings (SSSR count). The van der Waals surface area contributed by atoms with Gasteiger partial charge in [-0.3, -0.25) is 9.55 Å². The lowest BCUT2D eigenvalue weighted by Gasteiger charge is -2.23. The summed E-state index contributed by atoms with van der Waals surface area (Å²) in [5.74, 6) is 0.972. The van der Waals surface area contributed by atoms with Crippen molar-refractivity contribution in [3.05, 3.63) is 157 Å². The topological polar surface area (TPSA) is 50.9 Å². The number of hydrogen-bond acceptors (Lipinski definition) is 5. The second kappa shape index (κ2) is 12.8. The highest BCUT2D eigenvalue weighted by Gasteiger charge is 2.29. The van der Waals surface area contributed by atoms with Crippen molar-refractivity contribution in [3.63, 3.8) is 0 Å². The number of phenols is 1. The van der Waals surface area contributed by atoms with Crippen molar-refractivity contribution in [2.75, 3.05) is 0 Å². The Balaban J connectivity index is 1.31. The number of phenolic OH excluding ortho intramolecular Hbond substituents is 1. The van der Waals surface area contributed by atoms with Gasteiger partial charge in [-0.2, -0.15) is 0 Å². The molecule has 6 heteroatoms. The summed E-state index contributed by atoms with van der Waals surface area (Å²) in [6, 6.07) is 49.0. The molecule has 0 radical (unpaired) electrons. The number of benzene rings is 6. The van der Waals surface area contributed by atoms with Crippen LogP contribution in [-0.2, 0) is 5.41 Å². The second-order valence-corrected chi connectivity index (χ2v) is 17.6. The SMILES string of the molecule is Cc1ccc(-n2c(-c3cc(C(C)(C)C)c4c(sc5sc6ccccc6c54)c3O)nc3c(-c4cccc(-c5ccccn5)c4)cccc32)c(-c2ccccc2)c1. The summed E-state index contributed by atoms with van der Waals surface area (Å²) >= 11 is 3.49. The average molecular weight is 748 g/mol. The highest BCUT2D eigenvalue weighted by atomic mass is 32.2. The fourth-order valence-electron chi connectivity index (χ4n) is 8.01. The van der Waals surface area contributed by atoms with Crippen LogP contribution in [0.1, 0.15) is 31.9 Å². The Labute approximate surface area is 327 Å². The molecule has 0 aliphatic rings. The van der Waals surface area contributed by atoms with Gasteiger partial charge in [0.1, 0.15) is 11.6 Å². The minimum absolute atomic E-state index is 0.218. The first-order chi connectivity index (χ1) is 26.7. The Kier molecular flexibility index (Phi) is 7.77. The van der Waals surface area contributed by atoms with Gasteiger partial charge in [0.2, 0.25) is 0 Å². The van der Waals surface area contributed by atoms with Crippen LogP contribution in [0.4, 0.5) is 0 Å². The zero-order valence-corrected chi connectivity index (χ0v) is 32.6. The van der Waals surface area contributed by atoms with Crippen molar-refractivity contribution in [2.45, 2.75) is 33.1 Å². The van der Waals surface area contributed by atoms with Crippen LogP contribution in [0.2, 0.25) is 0 Å². The summed E-state index contributed by atoms with van der Waals surface area (Å²) in [5.41, 5.74) is 12.0. The van der Waals surface area contributed by atoms with E-state index in [4.69, 9.17) is 4.98 Å². The number of aromatic nitrogens is 3. The Morgan fingerprint density at radius 3 is 2.22 bits per heavy atom. The van der Waals surface area contributed by atoms with E-state index in [2.05, 4.69) is 159 Å². The van der Waals surface area contributed by atoms with Gasteiger partial charge in [-0.15, -0.1) is 22.7 Å². The van der Waals surface area contributed by atoms with Crippen LogP contribution in [0.15, 0.2) is 146 Å². The van der Waals surface area contributed by atoms with E-state index in [1.807, 2.05) is 24.4 Å². The first kappa shape index (κ1) is 33.5. The zero-order valence-electron chi connectivity index (χ0n) is 31.0.